The Hall–Kier alpha value is -1.84. The molecule has 0 aliphatic carbocycles. The van der Waals surface area contributed by atoms with Gasteiger partial charge < -0.3 is 9.84 Å². The highest BCUT2D eigenvalue weighted by Crippen LogP contribution is 2.15. The normalized spacial score (nSPS) is 9.50. The van der Waals surface area contributed by atoms with Crippen molar-refractivity contribution in [1.29, 1.82) is 0 Å². The van der Waals surface area contributed by atoms with Crippen LogP contribution in [-0.2, 0) is 4.74 Å². The maximum absolute atomic E-state index is 11.3. The summed E-state index contributed by atoms with van der Waals surface area (Å²) < 4.78 is 4.73. The van der Waals surface area contributed by atoms with Gasteiger partial charge >= 0.3 is 5.97 Å². The zero-order valence-electron chi connectivity index (χ0n) is 7.69. The van der Waals surface area contributed by atoms with Crippen molar-refractivity contribution in [2.45, 2.75) is 6.92 Å². The van der Waals surface area contributed by atoms with Gasteiger partial charge in [0.15, 0.2) is 6.29 Å². The number of carbonyl (C=O) groups is 2. The second-order valence-corrected chi connectivity index (χ2v) is 2.61. The third-order valence-corrected chi connectivity index (χ3v) is 1.66. The maximum atomic E-state index is 11.3. The molecule has 0 unspecified atom stereocenters. The molecular weight excluding hydrogens is 184 g/mol. The zero-order chi connectivity index (χ0) is 10.6. The lowest BCUT2D eigenvalue weighted by Gasteiger charge is -2.04. The number of phenolic OH excluding ortho intramolecular Hbond substituents is 1. The highest BCUT2D eigenvalue weighted by Gasteiger charge is 2.11. The van der Waals surface area contributed by atoms with Crippen LogP contribution in [0.2, 0.25) is 0 Å². The van der Waals surface area contributed by atoms with Crippen molar-refractivity contribution < 1.29 is 19.4 Å². The molecule has 0 aliphatic heterocycles. The molecule has 4 heteroatoms. The van der Waals surface area contributed by atoms with Gasteiger partial charge in [-0.05, 0) is 25.1 Å². The van der Waals surface area contributed by atoms with Crippen LogP contribution in [0.15, 0.2) is 18.2 Å². The fourth-order valence-electron chi connectivity index (χ4n) is 1.04. The predicted octanol–water partition coefficient (Wildman–Crippen LogP) is 1.38. The van der Waals surface area contributed by atoms with E-state index in [2.05, 4.69) is 0 Å². The molecule has 0 spiro atoms. The quantitative estimate of drug-likeness (QED) is 0.583. The Morgan fingerprint density at radius 3 is 2.86 bits per heavy atom. The molecule has 0 radical (unpaired) electrons. The zero-order valence-corrected chi connectivity index (χ0v) is 7.69. The molecule has 1 rings (SSSR count). The van der Waals surface area contributed by atoms with Crippen LogP contribution in [-0.4, -0.2) is 24.0 Å². The maximum Gasteiger partial charge on any atom is 0.338 e. The number of carbonyl (C=O) groups excluding carboxylic acids is 2. The molecule has 0 atom stereocenters. The van der Waals surface area contributed by atoms with Crippen molar-refractivity contribution in [1.82, 2.24) is 0 Å². The van der Waals surface area contributed by atoms with Crippen LogP contribution >= 0.6 is 0 Å². The van der Waals surface area contributed by atoms with E-state index in [-0.39, 0.29) is 23.5 Å². The lowest BCUT2D eigenvalue weighted by molar-refractivity contribution is 0.0524. The largest absolute Gasteiger partial charge is 0.508 e. The van der Waals surface area contributed by atoms with Crippen LogP contribution in [0.1, 0.15) is 27.6 Å². The van der Waals surface area contributed by atoms with E-state index in [9.17, 15) is 9.59 Å². The average molecular weight is 194 g/mol. The van der Waals surface area contributed by atoms with Gasteiger partial charge in [0.2, 0.25) is 0 Å². The molecule has 1 N–H and O–H groups in total. The Kier molecular flexibility index (Phi) is 3.23. The molecule has 0 aliphatic rings. The molecular formula is C10H10O4. The van der Waals surface area contributed by atoms with E-state index in [1.54, 1.807) is 6.92 Å². The van der Waals surface area contributed by atoms with Gasteiger partial charge in [-0.3, -0.25) is 4.79 Å². The molecule has 0 bridgehead atoms. The lowest BCUT2D eigenvalue weighted by Crippen LogP contribution is -2.07. The molecule has 4 nitrogen and oxygen atoms in total. The number of aromatic hydroxyl groups is 1. The summed E-state index contributed by atoms with van der Waals surface area (Å²) >= 11 is 0. The minimum absolute atomic E-state index is 0.0554. The highest BCUT2D eigenvalue weighted by atomic mass is 16.5. The van der Waals surface area contributed by atoms with Crippen molar-refractivity contribution in [3.8, 4) is 5.75 Å². The summed E-state index contributed by atoms with van der Waals surface area (Å²) in [5, 5.41) is 9.07. The van der Waals surface area contributed by atoms with Crippen LogP contribution in [0.4, 0.5) is 0 Å². The molecule has 0 heterocycles. The summed E-state index contributed by atoms with van der Waals surface area (Å²) in [7, 11) is 0. The predicted molar refractivity (Wildman–Crippen MR) is 49.5 cm³/mol. The molecule has 0 fully saturated rings. The van der Waals surface area contributed by atoms with Crippen molar-refractivity contribution in [2.75, 3.05) is 6.61 Å². The number of benzene rings is 1. The van der Waals surface area contributed by atoms with E-state index >= 15 is 0 Å². The van der Waals surface area contributed by atoms with E-state index < -0.39 is 5.97 Å². The van der Waals surface area contributed by atoms with Gasteiger partial charge in [-0.25, -0.2) is 4.79 Å². The van der Waals surface area contributed by atoms with Crippen LogP contribution in [0.25, 0.3) is 0 Å². The molecule has 74 valence electrons. The summed E-state index contributed by atoms with van der Waals surface area (Å²) in [6.07, 6.45) is 0.506. The number of ether oxygens (including phenoxy) is 1. The smallest absolute Gasteiger partial charge is 0.338 e. The summed E-state index contributed by atoms with van der Waals surface area (Å²) in [5.74, 6) is -0.616. The SMILES string of the molecule is CCOC(=O)c1ccc(O)cc1C=O. The first-order valence-corrected chi connectivity index (χ1v) is 4.14. The van der Waals surface area contributed by atoms with E-state index in [0.29, 0.717) is 6.29 Å². The third-order valence-electron chi connectivity index (χ3n) is 1.66. The van der Waals surface area contributed by atoms with Gasteiger partial charge in [0.05, 0.1) is 12.2 Å². The first-order valence-electron chi connectivity index (χ1n) is 4.14. The summed E-state index contributed by atoms with van der Waals surface area (Å²) in [6, 6.07) is 3.91. The number of aldehydes is 1. The molecule has 0 aromatic heterocycles. The van der Waals surface area contributed by atoms with Crippen molar-refractivity contribution in [3.05, 3.63) is 29.3 Å². The molecule has 0 saturated heterocycles. The number of hydrogen-bond donors (Lipinski definition) is 1. The van der Waals surface area contributed by atoms with Gasteiger partial charge in [-0.15, -0.1) is 0 Å². The number of esters is 1. The lowest BCUT2D eigenvalue weighted by atomic mass is 10.1. The number of hydrogen-bond acceptors (Lipinski definition) is 4. The van der Waals surface area contributed by atoms with Gasteiger partial charge in [0, 0.05) is 5.56 Å². The van der Waals surface area contributed by atoms with E-state index in [1.807, 2.05) is 0 Å². The molecule has 0 amide bonds. The standard InChI is InChI=1S/C10H10O4/c1-2-14-10(13)9-4-3-8(12)5-7(9)6-11/h3-6,12H,2H2,1H3. The van der Waals surface area contributed by atoms with E-state index in [0.717, 1.165) is 0 Å². The molecule has 0 saturated carbocycles. The van der Waals surface area contributed by atoms with Crippen LogP contribution in [0.5, 0.6) is 5.75 Å². The highest BCUT2D eigenvalue weighted by molar-refractivity contribution is 5.98. The molecule has 1 aromatic carbocycles. The van der Waals surface area contributed by atoms with Crippen molar-refractivity contribution >= 4 is 12.3 Å². The average Bonchev–Trinajstić information content (AvgIpc) is 2.17. The topological polar surface area (TPSA) is 63.6 Å². The minimum Gasteiger partial charge on any atom is -0.508 e. The Balaban J connectivity index is 3.07. The minimum atomic E-state index is -0.561. The Labute approximate surface area is 81.1 Å². The van der Waals surface area contributed by atoms with Crippen LogP contribution in [0, 0.1) is 0 Å². The van der Waals surface area contributed by atoms with Gasteiger partial charge in [-0.1, -0.05) is 0 Å². The summed E-state index contributed by atoms with van der Waals surface area (Å²) in [4.78, 5) is 21.8. The van der Waals surface area contributed by atoms with Crippen LogP contribution in [0.3, 0.4) is 0 Å². The summed E-state index contributed by atoms with van der Waals surface area (Å²) in [6.45, 7) is 1.93. The monoisotopic (exact) mass is 194 g/mol. The van der Waals surface area contributed by atoms with E-state index in [1.165, 1.54) is 18.2 Å². The number of phenols is 1. The Morgan fingerprint density at radius 2 is 2.29 bits per heavy atom. The molecule has 1 aromatic rings. The first-order chi connectivity index (χ1) is 6.69. The second kappa shape index (κ2) is 4.41. The second-order valence-electron chi connectivity index (χ2n) is 2.61. The Bertz CT molecular complexity index is 357. The molecule has 14 heavy (non-hydrogen) atoms. The Morgan fingerprint density at radius 1 is 1.57 bits per heavy atom. The first kappa shape index (κ1) is 10.2. The fraction of sp³-hybridized carbons (Fsp3) is 0.200. The van der Waals surface area contributed by atoms with Crippen molar-refractivity contribution in [2.24, 2.45) is 0 Å². The number of rotatable bonds is 3. The van der Waals surface area contributed by atoms with Crippen molar-refractivity contribution in [3.63, 3.8) is 0 Å². The van der Waals surface area contributed by atoms with Gasteiger partial charge in [0.1, 0.15) is 5.75 Å². The van der Waals surface area contributed by atoms with Gasteiger partial charge in [-0.2, -0.15) is 0 Å². The fourth-order valence-corrected chi connectivity index (χ4v) is 1.04. The van der Waals surface area contributed by atoms with Crippen LogP contribution < -0.4 is 0 Å². The summed E-state index contributed by atoms with van der Waals surface area (Å²) in [5.41, 5.74) is 0.295. The third kappa shape index (κ3) is 2.10. The van der Waals surface area contributed by atoms with E-state index in [4.69, 9.17) is 9.84 Å². The van der Waals surface area contributed by atoms with Gasteiger partial charge in [0.25, 0.3) is 0 Å².